The molecule has 0 bridgehead atoms. The van der Waals surface area contributed by atoms with E-state index in [9.17, 15) is 13.6 Å². The molecule has 2 aromatic heterocycles. The van der Waals surface area contributed by atoms with E-state index in [4.69, 9.17) is 21.1 Å². The van der Waals surface area contributed by atoms with Crippen molar-refractivity contribution in [1.29, 1.82) is 0 Å². The predicted octanol–water partition coefficient (Wildman–Crippen LogP) is 4.20. The molecule has 3 heterocycles. The van der Waals surface area contributed by atoms with Crippen molar-refractivity contribution < 1.29 is 23.0 Å². The number of H-pyrrole nitrogens is 1. The Kier molecular flexibility index (Phi) is 6.51. The van der Waals surface area contributed by atoms with Crippen molar-refractivity contribution in [1.82, 2.24) is 24.9 Å². The van der Waals surface area contributed by atoms with Gasteiger partial charge in [0.25, 0.3) is 6.43 Å². The van der Waals surface area contributed by atoms with Crippen LogP contribution < -0.4 is 4.90 Å². The molecule has 9 nitrogen and oxygen atoms in total. The summed E-state index contributed by atoms with van der Waals surface area (Å²) >= 11 is 6.20. The number of halogens is 3. The first-order chi connectivity index (χ1) is 17.0. The van der Waals surface area contributed by atoms with E-state index >= 15 is 0 Å². The number of aromatic amines is 1. The van der Waals surface area contributed by atoms with Crippen molar-refractivity contribution in [2.24, 2.45) is 0 Å². The largest absolute Gasteiger partial charge is 0.457 e. The highest BCUT2D eigenvalue weighted by atomic mass is 35.5. The monoisotopic (exact) mass is 500 g/mol. The molecular formula is C23H19ClF2N6O3. The van der Waals surface area contributed by atoms with Crippen LogP contribution in [0.1, 0.15) is 28.2 Å². The maximum Gasteiger partial charge on any atom is 0.341 e. The third kappa shape index (κ3) is 4.91. The lowest BCUT2D eigenvalue weighted by molar-refractivity contribution is 0.0475. The van der Waals surface area contributed by atoms with Gasteiger partial charge in [-0.1, -0.05) is 30.3 Å². The lowest BCUT2D eigenvalue weighted by Gasteiger charge is -2.26. The van der Waals surface area contributed by atoms with Gasteiger partial charge in [0.05, 0.1) is 24.3 Å². The highest BCUT2D eigenvalue weighted by molar-refractivity contribution is 6.28. The van der Waals surface area contributed by atoms with Gasteiger partial charge in [0.1, 0.15) is 12.1 Å². The molecular weight excluding hydrogens is 482 g/mol. The summed E-state index contributed by atoms with van der Waals surface area (Å²) in [5, 5.41) is -0.0736. The lowest BCUT2D eigenvalue weighted by Crippen LogP contribution is -2.37. The number of morpholine rings is 1. The normalized spacial score (nSPS) is 14.0. The van der Waals surface area contributed by atoms with Crippen molar-refractivity contribution in [3.63, 3.8) is 0 Å². The topological polar surface area (TPSA) is 106 Å². The number of benzene rings is 2. The SMILES string of the molecule is O=C(OCc1ccccc1)c1c(-c2nc(Cl)nc(N3CCOCC3)n2)ccc2[nH]c(C(F)F)nc12. The predicted molar refractivity (Wildman–Crippen MR) is 123 cm³/mol. The molecule has 4 aromatic rings. The first-order valence-electron chi connectivity index (χ1n) is 10.8. The van der Waals surface area contributed by atoms with Gasteiger partial charge in [-0.3, -0.25) is 0 Å². The second-order valence-corrected chi connectivity index (χ2v) is 8.03. The fourth-order valence-corrected chi connectivity index (χ4v) is 3.91. The number of ether oxygens (including phenoxy) is 2. The number of rotatable bonds is 6. The van der Waals surface area contributed by atoms with Gasteiger partial charge in [-0.05, 0) is 29.3 Å². The van der Waals surface area contributed by atoms with Gasteiger partial charge in [0, 0.05) is 18.7 Å². The van der Waals surface area contributed by atoms with E-state index in [1.54, 1.807) is 18.2 Å². The van der Waals surface area contributed by atoms with Crippen LogP contribution >= 0.6 is 11.6 Å². The van der Waals surface area contributed by atoms with Crippen LogP contribution in [0.3, 0.4) is 0 Å². The fraction of sp³-hybridized carbons (Fsp3) is 0.261. The van der Waals surface area contributed by atoms with Gasteiger partial charge >= 0.3 is 5.97 Å². The maximum atomic E-state index is 13.4. The summed E-state index contributed by atoms with van der Waals surface area (Å²) in [6, 6.07) is 12.2. The molecule has 1 fully saturated rings. The number of esters is 1. The van der Waals surface area contributed by atoms with E-state index in [1.807, 2.05) is 23.1 Å². The maximum absolute atomic E-state index is 13.4. The highest BCUT2D eigenvalue weighted by Gasteiger charge is 2.26. The summed E-state index contributed by atoms with van der Waals surface area (Å²) < 4.78 is 37.6. The summed E-state index contributed by atoms with van der Waals surface area (Å²) in [6.45, 7) is 2.11. The van der Waals surface area contributed by atoms with Crippen LogP contribution in [0.2, 0.25) is 5.28 Å². The van der Waals surface area contributed by atoms with Gasteiger partial charge in [-0.25, -0.2) is 18.6 Å². The van der Waals surface area contributed by atoms with Crippen molar-refractivity contribution in [2.75, 3.05) is 31.2 Å². The fourth-order valence-electron chi connectivity index (χ4n) is 3.75. The summed E-state index contributed by atoms with van der Waals surface area (Å²) in [5.74, 6) is -0.896. The van der Waals surface area contributed by atoms with Crippen LogP contribution in [0, 0.1) is 0 Å². The van der Waals surface area contributed by atoms with Crippen molar-refractivity contribution in [3.8, 4) is 11.4 Å². The Labute approximate surface area is 203 Å². The van der Waals surface area contributed by atoms with E-state index in [2.05, 4.69) is 24.9 Å². The molecule has 0 saturated carbocycles. The third-order valence-corrected chi connectivity index (χ3v) is 5.60. The van der Waals surface area contributed by atoms with Crippen molar-refractivity contribution in [3.05, 3.63) is 64.7 Å². The number of hydrogen-bond acceptors (Lipinski definition) is 8. The summed E-state index contributed by atoms with van der Waals surface area (Å²) in [6.07, 6.45) is -2.85. The molecule has 35 heavy (non-hydrogen) atoms. The average molecular weight is 501 g/mol. The van der Waals surface area contributed by atoms with E-state index in [1.165, 1.54) is 6.07 Å². The van der Waals surface area contributed by atoms with Gasteiger partial charge in [-0.2, -0.15) is 15.0 Å². The van der Waals surface area contributed by atoms with Gasteiger partial charge in [-0.15, -0.1) is 0 Å². The minimum atomic E-state index is -2.85. The van der Waals surface area contributed by atoms with Crippen LogP contribution in [0.25, 0.3) is 22.4 Å². The summed E-state index contributed by atoms with van der Waals surface area (Å²) in [5.41, 5.74) is 1.24. The summed E-state index contributed by atoms with van der Waals surface area (Å²) in [4.78, 5) is 34.6. The first kappa shape index (κ1) is 23.1. The van der Waals surface area contributed by atoms with Crippen LogP contribution in [0.15, 0.2) is 42.5 Å². The number of imidazole rings is 1. The highest BCUT2D eigenvalue weighted by Crippen LogP contribution is 2.31. The van der Waals surface area contributed by atoms with Crippen LogP contribution in [-0.2, 0) is 16.1 Å². The molecule has 2 aromatic carbocycles. The molecule has 1 N–H and O–H groups in total. The number of carbonyl (C=O) groups is 1. The Bertz CT molecular complexity index is 1360. The zero-order valence-electron chi connectivity index (χ0n) is 18.2. The Balaban J connectivity index is 1.59. The number of fused-ring (bicyclic) bond motifs is 1. The number of nitrogens with one attached hydrogen (secondary N) is 1. The number of hydrogen-bond donors (Lipinski definition) is 1. The molecule has 0 unspecified atom stereocenters. The van der Waals surface area contributed by atoms with Gasteiger partial charge in [0.2, 0.25) is 11.2 Å². The average Bonchev–Trinajstić information content (AvgIpc) is 3.32. The third-order valence-electron chi connectivity index (χ3n) is 5.43. The number of aromatic nitrogens is 5. The van der Waals surface area contributed by atoms with Crippen molar-refractivity contribution in [2.45, 2.75) is 13.0 Å². The van der Waals surface area contributed by atoms with E-state index in [0.29, 0.717) is 32.3 Å². The molecule has 0 radical (unpaired) electrons. The smallest absolute Gasteiger partial charge is 0.341 e. The van der Waals surface area contributed by atoms with Crippen LogP contribution in [0.5, 0.6) is 0 Å². The zero-order chi connectivity index (χ0) is 24.4. The standard InChI is InChI=1S/C23H19ClF2N6O3/c24-22-29-19(30-23(31-22)32-8-10-34-11-9-32)14-6-7-15-17(28-20(27-15)18(25)26)16(14)21(33)35-12-13-4-2-1-3-5-13/h1-7,18H,8-12H2,(H,27,28). The second-order valence-electron chi connectivity index (χ2n) is 7.70. The van der Waals surface area contributed by atoms with E-state index < -0.39 is 18.2 Å². The quantitative estimate of drug-likeness (QED) is 0.393. The van der Waals surface area contributed by atoms with E-state index in [-0.39, 0.29) is 39.9 Å². The molecule has 180 valence electrons. The number of anilines is 1. The lowest BCUT2D eigenvalue weighted by atomic mass is 10.0. The van der Waals surface area contributed by atoms with Crippen LogP contribution in [0.4, 0.5) is 14.7 Å². The molecule has 0 amide bonds. The molecule has 0 aliphatic carbocycles. The molecule has 1 aliphatic rings. The second kappa shape index (κ2) is 9.88. The molecule has 12 heteroatoms. The minimum absolute atomic E-state index is 0.0153. The van der Waals surface area contributed by atoms with E-state index in [0.717, 1.165) is 5.56 Å². The Morgan fingerprint density at radius 1 is 1.09 bits per heavy atom. The Morgan fingerprint density at radius 2 is 1.86 bits per heavy atom. The molecule has 0 atom stereocenters. The van der Waals surface area contributed by atoms with Gasteiger partial charge in [0.15, 0.2) is 11.6 Å². The van der Waals surface area contributed by atoms with Crippen LogP contribution in [-0.4, -0.2) is 57.2 Å². The molecule has 5 rings (SSSR count). The Morgan fingerprint density at radius 3 is 2.60 bits per heavy atom. The molecule has 1 saturated heterocycles. The number of carbonyl (C=O) groups excluding carboxylic acids is 1. The zero-order valence-corrected chi connectivity index (χ0v) is 19.0. The minimum Gasteiger partial charge on any atom is -0.457 e. The Hall–Kier alpha value is -3.70. The number of nitrogens with zero attached hydrogens (tertiary/aromatic N) is 5. The van der Waals surface area contributed by atoms with Gasteiger partial charge < -0.3 is 19.4 Å². The molecule has 0 spiro atoms. The number of alkyl halides is 2. The first-order valence-corrected chi connectivity index (χ1v) is 11.1. The van der Waals surface area contributed by atoms with Crippen molar-refractivity contribution >= 4 is 34.6 Å². The molecule has 1 aliphatic heterocycles. The summed E-state index contributed by atoms with van der Waals surface area (Å²) in [7, 11) is 0.